The van der Waals surface area contributed by atoms with Crippen molar-refractivity contribution in [1.29, 1.82) is 5.41 Å². The highest BCUT2D eigenvalue weighted by molar-refractivity contribution is 6.06. The number of guanidine groups is 1. The fourth-order valence-electron chi connectivity index (χ4n) is 3.13. The van der Waals surface area contributed by atoms with Gasteiger partial charge in [0.2, 0.25) is 0 Å². The van der Waals surface area contributed by atoms with Gasteiger partial charge in [0, 0.05) is 24.9 Å². The summed E-state index contributed by atoms with van der Waals surface area (Å²) in [5.41, 5.74) is 14.3. The SMILES string of the molecule is CCCCc1nc2c(N)nc3ccccc3c2n1CCCNC(=N)N.Cl.Cl. The Morgan fingerprint density at radius 2 is 1.93 bits per heavy atom. The second kappa shape index (κ2) is 10.2. The van der Waals surface area contributed by atoms with Gasteiger partial charge in [0.1, 0.15) is 11.3 Å². The summed E-state index contributed by atoms with van der Waals surface area (Å²) in [6, 6.07) is 8.03. The summed E-state index contributed by atoms with van der Waals surface area (Å²) < 4.78 is 2.26. The lowest BCUT2D eigenvalue weighted by Crippen LogP contribution is -2.31. The summed E-state index contributed by atoms with van der Waals surface area (Å²) in [5.74, 6) is 1.53. The number of hydrogen-bond donors (Lipinski definition) is 4. The van der Waals surface area contributed by atoms with Crippen LogP contribution in [-0.2, 0) is 13.0 Å². The van der Waals surface area contributed by atoms with Crippen molar-refractivity contribution < 1.29 is 0 Å². The maximum absolute atomic E-state index is 7.27. The largest absolute Gasteiger partial charge is 0.382 e. The number of nitrogen functional groups attached to an aromatic ring is 1. The molecule has 27 heavy (non-hydrogen) atoms. The van der Waals surface area contributed by atoms with Crippen LogP contribution in [0.4, 0.5) is 5.82 Å². The number of hydrogen-bond acceptors (Lipinski definition) is 4. The molecule has 6 N–H and O–H groups in total. The number of benzene rings is 1. The summed E-state index contributed by atoms with van der Waals surface area (Å²) in [4.78, 5) is 9.30. The zero-order valence-electron chi connectivity index (χ0n) is 15.4. The van der Waals surface area contributed by atoms with E-state index in [1.807, 2.05) is 18.2 Å². The first-order valence-corrected chi connectivity index (χ1v) is 8.73. The summed E-state index contributed by atoms with van der Waals surface area (Å²) in [7, 11) is 0. The Bertz CT molecular complexity index is 907. The Kier molecular flexibility index (Phi) is 8.59. The molecule has 2 aromatic heterocycles. The first-order valence-electron chi connectivity index (χ1n) is 8.73. The van der Waals surface area contributed by atoms with Gasteiger partial charge in [0.05, 0.1) is 11.0 Å². The minimum atomic E-state index is 0. The number of fused-ring (bicyclic) bond motifs is 3. The molecule has 2 heterocycles. The average Bonchev–Trinajstić information content (AvgIpc) is 2.96. The number of nitrogens with two attached hydrogens (primary N) is 2. The lowest BCUT2D eigenvalue weighted by molar-refractivity contribution is 0.604. The Balaban J connectivity index is 0.00000182. The topological polar surface area (TPSA) is 119 Å². The summed E-state index contributed by atoms with van der Waals surface area (Å²) >= 11 is 0. The Morgan fingerprint density at radius 3 is 2.63 bits per heavy atom. The van der Waals surface area contributed by atoms with Gasteiger partial charge >= 0.3 is 0 Å². The molecular weight excluding hydrogens is 385 g/mol. The molecule has 148 valence electrons. The fourth-order valence-corrected chi connectivity index (χ4v) is 3.13. The number of aromatic nitrogens is 3. The highest BCUT2D eigenvalue weighted by Gasteiger charge is 2.16. The van der Waals surface area contributed by atoms with E-state index in [0.29, 0.717) is 12.4 Å². The standard InChI is InChI=1S/C18H25N7.2ClH/c1-2-3-9-14-24-15-16(25(14)11-6-10-22-18(20)21)12-7-4-5-8-13(12)23-17(15)19;;/h4-5,7-8H,2-3,6,9-11H2,1H3,(H2,19,23)(H4,20,21,22);2*1H. The maximum atomic E-state index is 7.27. The molecule has 0 radical (unpaired) electrons. The van der Waals surface area contributed by atoms with Crippen molar-refractivity contribution in [3.8, 4) is 0 Å². The summed E-state index contributed by atoms with van der Waals surface area (Å²) in [5, 5.41) is 11.2. The number of rotatable bonds is 7. The van der Waals surface area contributed by atoms with Gasteiger partial charge in [0.15, 0.2) is 11.8 Å². The molecule has 0 saturated heterocycles. The molecule has 0 aliphatic heterocycles. The molecule has 0 fully saturated rings. The molecule has 0 unspecified atom stereocenters. The minimum Gasteiger partial charge on any atom is -0.382 e. The average molecular weight is 412 g/mol. The van der Waals surface area contributed by atoms with Gasteiger partial charge in [-0.05, 0) is 18.9 Å². The van der Waals surface area contributed by atoms with Gasteiger partial charge in [0.25, 0.3) is 0 Å². The van der Waals surface area contributed by atoms with Crippen LogP contribution in [0, 0.1) is 5.41 Å². The smallest absolute Gasteiger partial charge is 0.185 e. The van der Waals surface area contributed by atoms with E-state index in [4.69, 9.17) is 21.9 Å². The molecule has 1 aromatic carbocycles. The van der Waals surface area contributed by atoms with Gasteiger partial charge in [-0.15, -0.1) is 24.8 Å². The number of nitrogens with one attached hydrogen (secondary N) is 2. The Morgan fingerprint density at radius 1 is 1.19 bits per heavy atom. The van der Waals surface area contributed by atoms with Crippen molar-refractivity contribution >= 4 is 58.5 Å². The van der Waals surface area contributed by atoms with Gasteiger partial charge in [-0.1, -0.05) is 31.5 Å². The first-order chi connectivity index (χ1) is 12.1. The quantitative estimate of drug-likeness (QED) is 0.270. The number of unbranched alkanes of at least 4 members (excludes halogenated alkanes) is 1. The van der Waals surface area contributed by atoms with E-state index in [9.17, 15) is 0 Å². The lowest BCUT2D eigenvalue weighted by Gasteiger charge is -2.11. The second-order valence-electron chi connectivity index (χ2n) is 6.19. The van der Waals surface area contributed by atoms with E-state index in [0.717, 1.165) is 60.0 Å². The van der Waals surface area contributed by atoms with Crippen LogP contribution in [0.15, 0.2) is 24.3 Å². The molecule has 0 spiro atoms. The van der Waals surface area contributed by atoms with Crippen LogP contribution >= 0.6 is 24.8 Å². The molecule has 0 amide bonds. The highest BCUT2D eigenvalue weighted by atomic mass is 35.5. The van der Waals surface area contributed by atoms with E-state index in [2.05, 4.69) is 27.9 Å². The molecule has 0 atom stereocenters. The third kappa shape index (κ3) is 4.93. The molecule has 0 aliphatic carbocycles. The zero-order valence-corrected chi connectivity index (χ0v) is 17.0. The van der Waals surface area contributed by atoms with Crippen LogP contribution in [0.3, 0.4) is 0 Å². The van der Waals surface area contributed by atoms with Crippen molar-refractivity contribution in [2.45, 2.75) is 39.2 Å². The third-order valence-electron chi connectivity index (χ3n) is 4.32. The number of imidazole rings is 1. The predicted molar refractivity (Wildman–Crippen MR) is 117 cm³/mol. The van der Waals surface area contributed by atoms with Gasteiger partial charge in [-0.2, -0.15) is 0 Å². The number of nitrogens with zero attached hydrogens (tertiary/aromatic N) is 3. The van der Waals surface area contributed by atoms with Crippen molar-refractivity contribution in [3.63, 3.8) is 0 Å². The van der Waals surface area contributed by atoms with Crippen LogP contribution in [-0.4, -0.2) is 27.0 Å². The van der Waals surface area contributed by atoms with Crippen molar-refractivity contribution in [1.82, 2.24) is 19.9 Å². The molecule has 3 aromatic rings. The third-order valence-corrected chi connectivity index (χ3v) is 4.32. The summed E-state index contributed by atoms with van der Waals surface area (Å²) in [6.45, 7) is 3.62. The summed E-state index contributed by atoms with van der Waals surface area (Å²) in [6.07, 6.45) is 3.96. The molecule has 3 rings (SSSR count). The normalized spacial score (nSPS) is 10.4. The van der Waals surface area contributed by atoms with E-state index in [1.54, 1.807) is 0 Å². The number of pyridine rings is 1. The molecule has 9 heteroatoms. The van der Waals surface area contributed by atoms with Crippen LogP contribution in [0.1, 0.15) is 32.0 Å². The van der Waals surface area contributed by atoms with E-state index >= 15 is 0 Å². The first kappa shape index (κ1) is 22.8. The molecule has 0 aliphatic rings. The van der Waals surface area contributed by atoms with Crippen molar-refractivity contribution in [2.24, 2.45) is 5.73 Å². The van der Waals surface area contributed by atoms with Crippen LogP contribution in [0.25, 0.3) is 21.9 Å². The van der Waals surface area contributed by atoms with E-state index in [1.165, 1.54) is 0 Å². The minimum absolute atomic E-state index is 0. The van der Waals surface area contributed by atoms with Gasteiger partial charge < -0.3 is 21.4 Å². The van der Waals surface area contributed by atoms with Crippen LogP contribution in [0.5, 0.6) is 0 Å². The predicted octanol–water partition coefficient (Wildman–Crippen LogP) is 3.23. The number of halogens is 2. The van der Waals surface area contributed by atoms with Gasteiger partial charge in [-0.3, -0.25) is 5.41 Å². The number of anilines is 1. The number of para-hydroxylation sites is 1. The van der Waals surface area contributed by atoms with Crippen LogP contribution in [0.2, 0.25) is 0 Å². The molecule has 0 bridgehead atoms. The van der Waals surface area contributed by atoms with Crippen molar-refractivity contribution in [3.05, 3.63) is 30.1 Å². The Labute approximate surface area is 171 Å². The zero-order chi connectivity index (χ0) is 17.8. The Hall–Kier alpha value is -2.25. The second-order valence-corrected chi connectivity index (χ2v) is 6.19. The van der Waals surface area contributed by atoms with Crippen molar-refractivity contribution in [2.75, 3.05) is 12.3 Å². The van der Waals surface area contributed by atoms with Crippen LogP contribution < -0.4 is 16.8 Å². The van der Waals surface area contributed by atoms with E-state index < -0.39 is 0 Å². The molecular formula is C18H27Cl2N7. The van der Waals surface area contributed by atoms with Gasteiger partial charge in [-0.25, -0.2) is 9.97 Å². The fraction of sp³-hybridized carbons (Fsp3) is 0.389. The highest BCUT2D eigenvalue weighted by Crippen LogP contribution is 2.29. The molecule has 0 saturated carbocycles. The van der Waals surface area contributed by atoms with E-state index in [-0.39, 0.29) is 30.8 Å². The lowest BCUT2D eigenvalue weighted by atomic mass is 10.2. The monoisotopic (exact) mass is 411 g/mol. The molecule has 7 nitrogen and oxygen atoms in total. The maximum Gasteiger partial charge on any atom is 0.185 e. The number of aryl methyl sites for hydroxylation is 2.